The maximum absolute atomic E-state index is 6.19. The average molecular weight is 420 g/mol. The van der Waals surface area contributed by atoms with Crippen LogP contribution in [0.25, 0.3) is 0 Å². The van der Waals surface area contributed by atoms with Gasteiger partial charge in [0, 0.05) is 50.8 Å². The summed E-state index contributed by atoms with van der Waals surface area (Å²) in [6.07, 6.45) is 8.17. The van der Waals surface area contributed by atoms with Crippen LogP contribution in [-0.4, -0.2) is 60.6 Å². The van der Waals surface area contributed by atoms with Crippen molar-refractivity contribution in [2.45, 2.75) is 44.7 Å². The lowest BCUT2D eigenvalue weighted by molar-refractivity contribution is 0.146. The largest absolute Gasteiger partial charge is 0.314 e. The second kappa shape index (κ2) is 8.49. The summed E-state index contributed by atoms with van der Waals surface area (Å²) in [5.41, 5.74) is 4.61. The quantitative estimate of drug-likeness (QED) is 0.754. The molecule has 0 amide bonds. The number of hydrogen-bond acceptors (Lipinski definition) is 3. The van der Waals surface area contributed by atoms with Gasteiger partial charge < -0.3 is 5.32 Å². The van der Waals surface area contributed by atoms with E-state index in [1.807, 2.05) is 12.1 Å². The van der Waals surface area contributed by atoms with Crippen molar-refractivity contribution >= 4 is 23.2 Å². The topological polar surface area (TPSA) is 18.5 Å². The van der Waals surface area contributed by atoms with E-state index in [2.05, 4.69) is 47.2 Å². The van der Waals surface area contributed by atoms with Gasteiger partial charge in [0.2, 0.25) is 0 Å². The van der Waals surface area contributed by atoms with Crippen LogP contribution in [-0.2, 0) is 6.42 Å². The second-order valence-corrected chi connectivity index (χ2v) is 9.78. The van der Waals surface area contributed by atoms with Crippen LogP contribution in [0.4, 0.5) is 0 Å². The first kappa shape index (κ1) is 20.4. The van der Waals surface area contributed by atoms with Crippen LogP contribution >= 0.6 is 23.2 Å². The molecule has 2 aliphatic heterocycles. The molecule has 1 aromatic carbocycles. The summed E-state index contributed by atoms with van der Waals surface area (Å²) >= 11 is 12.2. The molecule has 1 unspecified atom stereocenters. The molecule has 1 atom stereocenters. The van der Waals surface area contributed by atoms with Crippen molar-refractivity contribution in [2.75, 3.05) is 39.3 Å². The molecular formula is C23H31Cl2N3. The monoisotopic (exact) mass is 419 g/mol. The third-order valence-corrected chi connectivity index (χ3v) is 7.40. The lowest BCUT2D eigenvalue weighted by atomic mass is 9.93. The minimum Gasteiger partial charge on any atom is -0.314 e. The lowest BCUT2D eigenvalue weighted by Gasteiger charge is -2.36. The van der Waals surface area contributed by atoms with E-state index in [1.165, 1.54) is 12.0 Å². The maximum Gasteiger partial charge on any atom is 0.0595 e. The van der Waals surface area contributed by atoms with E-state index in [1.54, 1.807) is 11.1 Å². The fraction of sp³-hybridized carbons (Fsp3) is 0.565. The van der Waals surface area contributed by atoms with Gasteiger partial charge in [-0.3, -0.25) is 9.80 Å². The van der Waals surface area contributed by atoms with Gasteiger partial charge in [-0.05, 0) is 62.0 Å². The van der Waals surface area contributed by atoms with Crippen molar-refractivity contribution in [3.63, 3.8) is 0 Å². The summed E-state index contributed by atoms with van der Waals surface area (Å²) < 4.78 is 0. The Morgan fingerprint density at radius 3 is 2.64 bits per heavy atom. The van der Waals surface area contributed by atoms with E-state index in [0.29, 0.717) is 16.1 Å². The molecule has 1 aromatic rings. The molecule has 0 radical (unpaired) electrons. The molecule has 2 heterocycles. The Labute approximate surface area is 179 Å². The molecule has 0 spiro atoms. The Hall–Kier alpha value is -0.840. The molecule has 1 N–H and O–H groups in total. The Balaban J connectivity index is 1.34. The summed E-state index contributed by atoms with van der Waals surface area (Å²) in [5, 5.41) is 4.74. The molecule has 3 aliphatic rings. The Kier molecular flexibility index (Phi) is 6.20. The summed E-state index contributed by atoms with van der Waals surface area (Å²) in [4.78, 5) is 5.29. The molecule has 5 heteroatoms. The van der Waals surface area contributed by atoms with Crippen LogP contribution in [0.1, 0.15) is 32.3 Å². The van der Waals surface area contributed by atoms with Gasteiger partial charge in [-0.1, -0.05) is 41.4 Å². The minimum absolute atomic E-state index is 0.155. The zero-order valence-electron chi connectivity index (χ0n) is 17.0. The van der Waals surface area contributed by atoms with Crippen molar-refractivity contribution in [2.24, 2.45) is 0 Å². The minimum atomic E-state index is 0.155. The van der Waals surface area contributed by atoms with Gasteiger partial charge in [0.25, 0.3) is 0 Å². The molecule has 28 heavy (non-hydrogen) atoms. The average Bonchev–Trinajstić information content (AvgIpc) is 3.14. The van der Waals surface area contributed by atoms with Crippen LogP contribution in [0, 0.1) is 0 Å². The molecule has 1 fully saturated rings. The zero-order chi connectivity index (χ0) is 19.7. The summed E-state index contributed by atoms with van der Waals surface area (Å²) in [6.45, 7) is 11.5. The molecular weight excluding hydrogens is 389 g/mol. The highest BCUT2D eigenvalue weighted by Gasteiger charge is 2.35. The van der Waals surface area contributed by atoms with E-state index >= 15 is 0 Å². The van der Waals surface area contributed by atoms with Crippen LogP contribution in [0.3, 0.4) is 0 Å². The van der Waals surface area contributed by atoms with Crippen LogP contribution in [0.2, 0.25) is 10.0 Å². The highest BCUT2D eigenvalue weighted by Crippen LogP contribution is 2.34. The first-order chi connectivity index (χ1) is 13.4. The Morgan fingerprint density at radius 1 is 1.11 bits per heavy atom. The lowest BCUT2D eigenvalue weighted by Crippen LogP contribution is -2.48. The van der Waals surface area contributed by atoms with Gasteiger partial charge in [-0.15, -0.1) is 0 Å². The summed E-state index contributed by atoms with van der Waals surface area (Å²) in [5.74, 6) is 0. The number of rotatable bonds is 5. The van der Waals surface area contributed by atoms with Crippen molar-refractivity contribution < 1.29 is 0 Å². The van der Waals surface area contributed by atoms with Gasteiger partial charge in [0.05, 0.1) is 10.0 Å². The number of benzene rings is 1. The second-order valence-electron chi connectivity index (χ2n) is 8.96. The number of piperazine rings is 1. The highest BCUT2D eigenvalue weighted by molar-refractivity contribution is 6.42. The highest BCUT2D eigenvalue weighted by atomic mass is 35.5. The Morgan fingerprint density at radius 2 is 1.89 bits per heavy atom. The van der Waals surface area contributed by atoms with E-state index < -0.39 is 0 Å². The van der Waals surface area contributed by atoms with Gasteiger partial charge in [0.1, 0.15) is 0 Å². The third kappa shape index (κ3) is 4.49. The first-order valence-corrected chi connectivity index (χ1v) is 11.2. The van der Waals surface area contributed by atoms with Crippen molar-refractivity contribution in [3.8, 4) is 0 Å². The van der Waals surface area contributed by atoms with E-state index in [-0.39, 0.29) is 5.54 Å². The number of hydrogen-bond donors (Lipinski definition) is 1. The fourth-order valence-corrected chi connectivity index (χ4v) is 4.94. The third-order valence-electron chi connectivity index (χ3n) is 6.66. The molecule has 0 aromatic heterocycles. The van der Waals surface area contributed by atoms with E-state index in [9.17, 15) is 0 Å². The number of nitrogens with zero attached hydrogens (tertiary/aromatic N) is 2. The molecule has 3 nitrogen and oxygen atoms in total. The standard InChI is InChI=1S/C23H31Cl2N3/c1-23(2,8-7-17-3-6-21(24)22(25)13-17)28-15-18-4-5-20(14-19(18)16-28)27-11-9-26-10-12-27/h3-6,13,20,26H,7-12,14-16H2,1-2H3. The predicted molar refractivity (Wildman–Crippen MR) is 119 cm³/mol. The number of halogens is 2. The SMILES string of the molecule is CC(C)(CCc1ccc(Cl)c(Cl)c1)N1CC2=C(CC(N3CCNCC3)C=C2)C1. The molecule has 0 bridgehead atoms. The van der Waals surface area contributed by atoms with Gasteiger partial charge in [0.15, 0.2) is 0 Å². The molecule has 152 valence electrons. The van der Waals surface area contributed by atoms with Gasteiger partial charge >= 0.3 is 0 Å². The molecule has 4 rings (SSSR count). The number of aryl methyl sites for hydroxylation is 1. The Bertz CT molecular complexity index is 778. The van der Waals surface area contributed by atoms with E-state index in [4.69, 9.17) is 23.2 Å². The molecule has 1 aliphatic carbocycles. The smallest absolute Gasteiger partial charge is 0.0595 e. The molecule has 0 saturated carbocycles. The van der Waals surface area contributed by atoms with Gasteiger partial charge in [-0.25, -0.2) is 0 Å². The normalized spacial score (nSPS) is 24.1. The first-order valence-electron chi connectivity index (χ1n) is 10.5. The predicted octanol–water partition coefficient (Wildman–Crippen LogP) is 4.55. The van der Waals surface area contributed by atoms with Gasteiger partial charge in [-0.2, -0.15) is 0 Å². The van der Waals surface area contributed by atoms with Crippen LogP contribution < -0.4 is 5.32 Å². The fourth-order valence-electron chi connectivity index (χ4n) is 4.62. The van der Waals surface area contributed by atoms with Crippen LogP contribution in [0.15, 0.2) is 41.5 Å². The maximum atomic E-state index is 6.19. The van der Waals surface area contributed by atoms with E-state index in [0.717, 1.165) is 52.1 Å². The number of nitrogens with one attached hydrogen (secondary N) is 1. The summed E-state index contributed by atoms with van der Waals surface area (Å²) in [6, 6.07) is 6.59. The van der Waals surface area contributed by atoms with Crippen LogP contribution in [0.5, 0.6) is 0 Å². The van der Waals surface area contributed by atoms with Crippen molar-refractivity contribution in [3.05, 3.63) is 57.1 Å². The molecule has 1 saturated heterocycles. The summed E-state index contributed by atoms with van der Waals surface area (Å²) in [7, 11) is 0. The van der Waals surface area contributed by atoms with Crippen molar-refractivity contribution in [1.29, 1.82) is 0 Å². The zero-order valence-corrected chi connectivity index (χ0v) is 18.5. The van der Waals surface area contributed by atoms with Crippen molar-refractivity contribution in [1.82, 2.24) is 15.1 Å².